The molecule has 158 valence electrons. The second kappa shape index (κ2) is 8.17. The molecule has 1 aromatic heterocycles. The Morgan fingerprint density at radius 2 is 1.81 bits per heavy atom. The van der Waals surface area contributed by atoms with Crippen molar-refractivity contribution in [3.8, 4) is 11.3 Å². The van der Waals surface area contributed by atoms with Gasteiger partial charge in [0.2, 0.25) is 5.95 Å². The summed E-state index contributed by atoms with van der Waals surface area (Å²) in [5.74, 6) is -0.428. The Labute approximate surface area is 176 Å². The van der Waals surface area contributed by atoms with Gasteiger partial charge in [0.1, 0.15) is 5.69 Å². The molecule has 1 aliphatic heterocycles. The Morgan fingerprint density at radius 3 is 2.52 bits per heavy atom. The standard InChI is InChI=1S/C22H18F3N5O/c23-22(24,25)15-7-5-13(6-8-15)18-11-19(20(26)31)30-21(29-18)27-10-9-14-12-28-17-4-2-1-3-16(14)17/h1-8,11-12,14H,9-10H2,(H2,26,31)(H,27,29,30). The third kappa shape index (κ3) is 4.55. The number of amides is 1. The van der Waals surface area contributed by atoms with Crippen molar-refractivity contribution in [3.05, 3.63) is 71.4 Å². The summed E-state index contributed by atoms with van der Waals surface area (Å²) in [5.41, 5.74) is 7.38. The van der Waals surface area contributed by atoms with Crippen LogP contribution in [0.4, 0.5) is 24.8 Å². The lowest BCUT2D eigenvalue weighted by molar-refractivity contribution is -0.137. The molecule has 0 fully saturated rings. The van der Waals surface area contributed by atoms with Crippen molar-refractivity contribution >= 4 is 23.8 Å². The van der Waals surface area contributed by atoms with Crippen LogP contribution >= 0.6 is 0 Å². The average Bonchev–Trinajstić information content (AvgIpc) is 3.16. The maximum absolute atomic E-state index is 12.8. The highest BCUT2D eigenvalue weighted by atomic mass is 19.4. The SMILES string of the molecule is NC(=O)c1cc(-c2ccc(C(F)(F)F)cc2)nc(NCCC2C=Nc3ccccc32)n1. The molecule has 2 heterocycles. The molecule has 2 aromatic carbocycles. The van der Waals surface area contributed by atoms with E-state index >= 15 is 0 Å². The number of anilines is 1. The van der Waals surface area contributed by atoms with Gasteiger partial charge in [-0.2, -0.15) is 13.2 Å². The quantitative estimate of drug-likeness (QED) is 0.605. The van der Waals surface area contributed by atoms with Gasteiger partial charge in [0.05, 0.1) is 16.9 Å². The minimum absolute atomic E-state index is 0.0276. The van der Waals surface area contributed by atoms with E-state index in [2.05, 4.69) is 20.3 Å². The van der Waals surface area contributed by atoms with Crippen LogP contribution < -0.4 is 11.1 Å². The lowest BCUT2D eigenvalue weighted by atomic mass is 9.98. The number of benzene rings is 2. The first-order valence-corrected chi connectivity index (χ1v) is 9.55. The number of aromatic nitrogens is 2. The third-order valence-corrected chi connectivity index (χ3v) is 4.95. The zero-order valence-corrected chi connectivity index (χ0v) is 16.2. The van der Waals surface area contributed by atoms with E-state index in [0.29, 0.717) is 17.8 Å². The van der Waals surface area contributed by atoms with E-state index in [1.165, 1.54) is 18.2 Å². The van der Waals surface area contributed by atoms with Crippen molar-refractivity contribution in [2.45, 2.75) is 18.5 Å². The first kappa shape index (κ1) is 20.5. The van der Waals surface area contributed by atoms with E-state index in [-0.39, 0.29) is 17.6 Å². The highest BCUT2D eigenvalue weighted by molar-refractivity contribution is 5.92. The summed E-state index contributed by atoms with van der Waals surface area (Å²) in [6, 6.07) is 13.8. The summed E-state index contributed by atoms with van der Waals surface area (Å²) >= 11 is 0. The van der Waals surface area contributed by atoms with Gasteiger partial charge in [0, 0.05) is 24.2 Å². The number of nitrogens with zero attached hydrogens (tertiary/aromatic N) is 3. The van der Waals surface area contributed by atoms with Crippen LogP contribution in [0, 0.1) is 0 Å². The Morgan fingerprint density at radius 1 is 1.06 bits per heavy atom. The van der Waals surface area contributed by atoms with Gasteiger partial charge in [-0.15, -0.1) is 0 Å². The number of nitrogens with one attached hydrogen (secondary N) is 1. The minimum Gasteiger partial charge on any atom is -0.364 e. The van der Waals surface area contributed by atoms with Gasteiger partial charge >= 0.3 is 6.18 Å². The zero-order chi connectivity index (χ0) is 22.0. The maximum Gasteiger partial charge on any atom is 0.416 e. The van der Waals surface area contributed by atoms with Crippen LogP contribution in [0.25, 0.3) is 11.3 Å². The largest absolute Gasteiger partial charge is 0.416 e. The van der Waals surface area contributed by atoms with E-state index in [4.69, 9.17) is 5.73 Å². The number of carbonyl (C=O) groups is 1. The van der Waals surface area contributed by atoms with Crippen LogP contribution in [0.3, 0.4) is 0 Å². The van der Waals surface area contributed by atoms with Gasteiger partial charge < -0.3 is 11.1 Å². The van der Waals surface area contributed by atoms with E-state index in [1.54, 1.807) is 0 Å². The minimum atomic E-state index is -4.43. The van der Waals surface area contributed by atoms with Crippen molar-refractivity contribution < 1.29 is 18.0 Å². The van der Waals surface area contributed by atoms with Crippen molar-refractivity contribution in [1.82, 2.24) is 9.97 Å². The molecule has 1 amide bonds. The molecule has 1 atom stereocenters. The molecule has 0 aliphatic carbocycles. The normalized spacial score (nSPS) is 15.0. The van der Waals surface area contributed by atoms with Gasteiger partial charge in [-0.3, -0.25) is 9.79 Å². The summed E-state index contributed by atoms with van der Waals surface area (Å²) in [4.78, 5) is 24.5. The number of aliphatic imine (C=N–C) groups is 1. The predicted octanol–water partition coefficient (Wildman–Crippen LogP) is 4.56. The summed E-state index contributed by atoms with van der Waals surface area (Å²) in [5, 5.41) is 3.07. The number of para-hydroxylation sites is 1. The summed E-state index contributed by atoms with van der Waals surface area (Å²) in [6.07, 6.45) is -1.82. The molecule has 3 aromatic rings. The van der Waals surface area contributed by atoms with Crippen LogP contribution in [0.5, 0.6) is 0 Å². The number of fused-ring (bicyclic) bond motifs is 1. The molecule has 0 spiro atoms. The smallest absolute Gasteiger partial charge is 0.364 e. The van der Waals surface area contributed by atoms with Gasteiger partial charge in [0.25, 0.3) is 5.91 Å². The monoisotopic (exact) mass is 425 g/mol. The van der Waals surface area contributed by atoms with Gasteiger partial charge in [-0.1, -0.05) is 30.3 Å². The van der Waals surface area contributed by atoms with Crippen LogP contribution in [0.15, 0.2) is 59.6 Å². The Balaban J connectivity index is 1.51. The molecule has 3 N–H and O–H groups in total. The number of primary amides is 1. The lowest BCUT2D eigenvalue weighted by Gasteiger charge is -2.12. The Hall–Kier alpha value is -3.75. The number of hydrogen-bond acceptors (Lipinski definition) is 5. The van der Waals surface area contributed by atoms with E-state index in [9.17, 15) is 18.0 Å². The Bertz CT molecular complexity index is 1140. The van der Waals surface area contributed by atoms with Crippen LogP contribution in [-0.4, -0.2) is 28.6 Å². The molecule has 31 heavy (non-hydrogen) atoms. The van der Waals surface area contributed by atoms with Crippen molar-refractivity contribution in [2.24, 2.45) is 10.7 Å². The number of carbonyl (C=O) groups excluding carboxylic acids is 1. The summed E-state index contributed by atoms with van der Waals surface area (Å²) < 4.78 is 38.4. The van der Waals surface area contributed by atoms with E-state index in [1.807, 2.05) is 30.5 Å². The third-order valence-electron chi connectivity index (χ3n) is 4.95. The fraction of sp³-hybridized carbons (Fsp3) is 0.182. The number of halogens is 3. The van der Waals surface area contributed by atoms with Gasteiger partial charge in [-0.05, 0) is 36.2 Å². The summed E-state index contributed by atoms with van der Waals surface area (Å²) in [6.45, 7) is 0.500. The second-order valence-electron chi connectivity index (χ2n) is 7.06. The van der Waals surface area contributed by atoms with E-state index in [0.717, 1.165) is 29.8 Å². The first-order chi connectivity index (χ1) is 14.8. The molecule has 9 heteroatoms. The second-order valence-corrected chi connectivity index (χ2v) is 7.06. The average molecular weight is 425 g/mol. The molecule has 4 rings (SSSR count). The molecule has 1 aliphatic rings. The zero-order valence-electron chi connectivity index (χ0n) is 16.2. The van der Waals surface area contributed by atoms with Crippen LogP contribution in [0.2, 0.25) is 0 Å². The van der Waals surface area contributed by atoms with Crippen LogP contribution in [-0.2, 0) is 6.18 Å². The molecule has 0 radical (unpaired) electrons. The first-order valence-electron chi connectivity index (χ1n) is 9.55. The predicted molar refractivity (Wildman–Crippen MR) is 111 cm³/mol. The highest BCUT2D eigenvalue weighted by Crippen LogP contribution is 2.33. The molecular weight excluding hydrogens is 407 g/mol. The number of hydrogen-bond donors (Lipinski definition) is 2. The number of nitrogens with two attached hydrogens (primary N) is 1. The molecule has 0 saturated carbocycles. The Kier molecular flexibility index (Phi) is 5.41. The summed E-state index contributed by atoms with van der Waals surface area (Å²) in [7, 11) is 0. The molecule has 1 unspecified atom stereocenters. The van der Waals surface area contributed by atoms with Crippen molar-refractivity contribution in [3.63, 3.8) is 0 Å². The van der Waals surface area contributed by atoms with Gasteiger partial charge in [0.15, 0.2) is 0 Å². The molecular formula is C22H18F3N5O. The number of alkyl halides is 3. The van der Waals surface area contributed by atoms with Gasteiger partial charge in [-0.25, -0.2) is 9.97 Å². The van der Waals surface area contributed by atoms with E-state index < -0.39 is 17.6 Å². The van der Waals surface area contributed by atoms with Crippen molar-refractivity contribution in [2.75, 3.05) is 11.9 Å². The van der Waals surface area contributed by atoms with Crippen LogP contribution in [0.1, 0.15) is 34.0 Å². The number of rotatable bonds is 6. The van der Waals surface area contributed by atoms with Crippen molar-refractivity contribution in [1.29, 1.82) is 0 Å². The topological polar surface area (TPSA) is 93.3 Å². The molecule has 6 nitrogen and oxygen atoms in total. The lowest BCUT2D eigenvalue weighted by Crippen LogP contribution is -2.16. The fourth-order valence-corrected chi connectivity index (χ4v) is 3.37. The fourth-order valence-electron chi connectivity index (χ4n) is 3.37. The highest BCUT2D eigenvalue weighted by Gasteiger charge is 2.30. The molecule has 0 saturated heterocycles. The molecule has 0 bridgehead atoms. The maximum atomic E-state index is 12.8.